The van der Waals surface area contributed by atoms with Crippen LogP contribution in [0.25, 0.3) is 16.8 Å². The van der Waals surface area contributed by atoms with Gasteiger partial charge < -0.3 is 5.73 Å². The van der Waals surface area contributed by atoms with E-state index in [1.165, 1.54) is 10.5 Å². The Morgan fingerprint density at radius 1 is 1.38 bits per heavy atom. The van der Waals surface area contributed by atoms with Gasteiger partial charge in [0.1, 0.15) is 5.82 Å². The van der Waals surface area contributed by atoms with Gasteiger partial charge >= 0.3 is 5.69 Å². The number of halogens is 1. The predicted octanol–water partition coefficient (Wildman–Crippen LogP) is 1.88. The van der Waals surface area contributed by atoms with Crippen LogP contribution in [0.15, 0.2) is 35.3 Å². The van der Waals surface area contributed by atoms with E-state index >= 15 is 0 Å². The monoisotopic (exact) mass is 326 g/mol. The van der Waals surface area contributed by atoms with Gasteiger partial charge in [-0.1, -0.05) is 0 Å². The van der Waals surface area contributed by atoms with E-state index in [-0.39, 0.29) is 11.3 Å². The molecule has 0 bridgehead atoms. The van der Waals surface area contributed by atoms with Crippen molar-refractivity contribution in [2.45, 2.75) is 19.3 Å². The molecule has 0 saturated heterocycles. The molecule has 3 N–H and O–H groups in total. The summed E-state index contributed by atoms with van der Waals surface area (Å²) in [5.41, 5.74) is 7.42. The van der Waals surface area contributed by atoms with Gasteiger partial charge in [-0.05, 0) is 66.1 Å². The second-order valence-corrected chi connectivity index (χ2v) is 6.17. The minimum atomic E-state index is -0.676. The van der Waals surface area contributed by atoms with Gasteiger partial charge in [0.05, 0.1) is 0 Å². The molecule has 1 aliphatic rings. The topological polar surface area (TPSA) is 93.2 Å². The fourth-order valence-electron chi connectivity index (χ4n) is 2.93. The van der Waals surface area contributed by atoms with Crippen LogP contribution in [0.2, 0.25) is 0 Å². The number of fused-ring (bicyclic) bond motifs is 1. The van der Waals surface area contributed by atoms with Crippen molar-refractivity contribution >= 4 is 11.6 Å². The highest BCUT2D eigenvalue weighted by Gasteiger charge is 2.25. The second kappa shape index (κ2) is 5.30. The largest absolute Gasteiger partial charge is 0.366 e. The van der Waals surface area contributed by atoms with Gasteiger partial charge in [0.25, 0.3) is 0 Å². The summed E-state index contributed by atoms with van der Waals surface area (Å²) in [6, 6.07) is 6.20. The number of primary amides is 1. The summed E-state index contributed by atoms with van der Waals surface area (Å²) < 4.78 is 15.9. The summed E-state index contributed by atoms with van der Waals surface area (Å²) in [5.74, 6) is -0.618. The highest BCUT2D eigenvalue weighted by molar-refractivity contribution is 5.94. The first kappa shape index (κ1) is 14.6. The van der Waals surface area contributed by atoms with Crippen LogP contribution in [0.4, 0.5) is 4.39 Å². The van der Waals surface area contributed by atoms with Crippen LogP contribution in [0.3, 0.4) is 0 Å². The van der Waals surface area contributed by atoms with Crippen LogP contribution in [-0.2, 0) is 6.42 Å². The molecule has 0 radical (unpaired) electrons. The average Bonchev–Trinajstić information content (AvgIpc) is 3.31. The maximum Gasteiger partial charge on any atom is 0.347 e. The van der Waals surface area contributed by atoms with E-state index in [9.17, 15) is 14.0 Å². The summed E-state index contributed by atoms with van der Waals surface area (Å²) in [6.07, 6.45) is 4.37. The summed E-state index contributed by atoms with van der Waals surface area (Å²) in [4.78, 5) is 23.1. The van der Waals surface area contributed by atoms with E-state index in [1.54, 1.807) is 24.4 Å². The van der Waals surface area contributed by atoms with Crippen molar-refractivity contribution in [1.29, 1.82) is 0 Å². The maximum atomic E-state index is 14.6. The van der Waals surface area contributed by atoms with Crippen molar-refractivity contribution in [2.75, 3.05) is 0 Å². The third kappa shape index (κ3) is 2.47. The number of hydrogen-bond acceptors (Lipinski definition) is 3. The molecular weight excluding hydrogens is 311 g/mol. The molecule has 2 heterocycles. The van der Waals surface area contributed by atoms with E-state index in [0.717, 1.165) is 12.8 Å². The zero-order chi connectivity index (χ0) is 16.8. The molecule has 2 aromatic heterocycles. The Morgan fingerprint density at radius 3 is 2.88 bits per heavy atom. The lowest BCUT2D eigenvalue weighted by Crippen LogP contribution is -2.13. The molecule has 0 aliphatic heterocycles. The molecule has 7 heteroatoms. The van der Waals surface area contributed by atoms with Gasteiger partial charge in [-0.15, -0.1) is 0 Å². The molecule has 24 heavy (non-hydrogen) atoms. The summed E-state index contributed by atoms with van der Waals surface area (Å²) in [5, 5.41) is 6.29. The van der Waals surface area contributed by atoms with E-state index in [4.69, 9.17) is 5.73 Å². The molecule has 1 fully saturated rings. The first-order valence-corrected chi connectivity index (χ1v) is 7.72. The number of aromatic nitrogens is 3. The van der Waals surface area contributed by atoms with Crippen molar-refractivity contribution in [3.05, 3.63) is 57.9 Å². The molecule has 3 aromatic rings. The van der Waals surface area contributed by atoms with Gasteiger partial charge in [-0.2, -0.15) is 5.10 Å². The minimum Gasteiger partial charge on any atom is -0.366 e. The first-order chi connectivity index (χ1) is 11.5. The lowest BCUT2D eigenvalue weighted by molar-refractivity contribution is 0.1000. The molecule has 1 saturated carbocycles. The smallest absolute Gasteiger partial charge is 0.347 e. The first-order valence-electron chi connectivity index (χ1n) is 7.72. The van der Waals surface area contributed by atoms with Crippen LogP contribution < -0.4 is 11.4 Å². The number of hydrogen-bond donors (Lipinski definition) is 2. The standard InChI is InChI=1S/C17H15FN4O2/c18-14-7-11(16(19)23)6-12(13(14)5-9-1-2-9)10-3-4-22-15(8-10)20-21-17(22)24/h3-4,6-9H,1-2,5H2,(H2,19,23)(H,21,24). The van der Waals surface area contributed by atoms with Crippen LogP contribution in [0.1, 0.15) is 28.8 Å². The van der Waals surface area contributed by atoms with Crippen molar-refractivity contribution in [2.24, 2.45) is 11.7 Å². The average molecular weight is 326 g/mol. The quantitative estimate of drug-likeness (QED) is 0.766. The number of amides is 1. The lowest BCUT2D eigenvalue weighted by Gasteiger charge is -2.13. The highest BCUT2D eigenvalue weighted by atomic mass is 19.1. The number of nitrogens with one attached hydrogen (secondary N) is 1. The number of aromatic amines is 1. The lowest BCUT2D eigenvalue weighted by atomic mass is 9.93. The molecule has 1 aliphatic carbocycles. The Hall–Kier alpha value is -2.96. The third-order valence-electron chi connectivity index (χ3n) is 4.40. The number of pyridine rings is 1. The zero-order valence-electron chi connectivity index (χ0n) is 12.8. The van der Waals surface area contributed by atoms with Gasteiger partial charge in [0, 0.05) is 11.8 Å². The Labute approximate surface area is 136 Å². The predicted molar refractivity (Wildman–Crippen MR) is 86.2 cm³/mol. The fourth-order valence-corrected chi connectivity index (χ4v) is 2.93. The number of nitrogens with two attached hydrogens (primary N) is 1. The van der Waals surface area contributed by atoms with Gasteiger partial charge in [-0.3, -0.25) is 9.20 Å². The normalized spacial score (nSPS) is 14.2. The molecule has 0 spiro atoms. The van der Waals surface area contributed by atoms with Gasteiger partial charge in [-0.25, -0.2) is 14.3 Å². The molecular formula is C17H15FN4O2. The summed E-state index contributed by atoms with van der Waals surface area (Å²) in [7, 11) is 0. The summed E-state index contributed by atoms with van der Waals surface area (Å²) in [6.45, 7) is 0. The van der Waals surface area contributed by atoms with E-state index in [0.29, 0.717) is 34.7 Å². The molecule has 6 nitrogen and oxygen atoms in total. The third-order valence-corrected chi connectivity index (χ3v) is 4.40. The SMILES string of the molecule is NC(=O)c1cc(F)c(CC2CC2)c(-c2ccn3c(=O)[nH]nc3c2)c1. The second-order valence-electron chi connectivity index (χ2n) is 6.17. The Morgan fingerprint density at radius 2 is 2.17 bits per heavy atom. The number of carbonyl (C=O) groups excluding carboxylic acids is 1. The van der Waals surface area contributed by atoms with Crippen LogP contribution in [0, 0.1) is 11.7 Å². The fraction of sp³-hybridized carbons (Fsp3) is 0.235. The molecule has 0 atom stereocenters. The number of benzene rings is 1. The Balaban J connectivity index is 1.92. The van der Waals surface area contributed by atoms with Gasteiger partial charge in [0.15, 0.2) is 5.65 Å². The Bertz CT molecular complexity index is 1020. The van der Waals surface area contributed by atoms with E-state index < -0.39 is 11.7 Å². The number of nitrogens with zero attached hydrogens (tertiary/aromatic N) is 2. The van der Waals surface area contributed by atoms with Gasteiger partial charge in [0.2, 0.25) is 5.91 Å². The van der Waals surface area contributed by atoms with Crippen molar-refractivity contribution in [3.8, 4) is 11.1 Å². The van der Waals surface area contributed by atoms with E-state index in [2.05, 4.69) is 10.2 Å². The zero-order valence-corrected chi connectivity index (χ0v) is 12.8. The molecule has 0 unspecified atom stereocenters. The maximum absolute atomic E-state index is 14.6. The number of H-pyrrole nitrogens is 1. The Kier molecular flexibility index (Phi) is 3.23. The summed E-state index contributed by atoms with van der Waals surface area (Å²) >= 11 is 0. The highest BCUT2D eigenvalue weighted by Crippen LogP contribution is 2.37. The number of rotatable bonds is 4. The molecule has 4 rings (SSSR count). The van der Waals surface area contributed by atoms with Crippen molar-refractivity contribution in [1.82, 2.24) is 14.6 Å². The van der Waals surface area contributed by atoms with E-state index in [1.807, 2.05) is 0 Å². The molecule has 122 valence electrons. The molecule has 1 aromatic carbocycles. The van der Waals surface area contributed by atoms with Crippen LogP contribution in [0.5, 0.6) is 0 Å². The minimum absolute atomic E-state index is 0.126. The molecule has 1 amide bonds. The van der Waals surface area contributed by atoms with Crippen LogP contribution in [-0.4, -0.2) is 20.5 Å². The van der Waals surface area contributed by atoms with Crippen LogP contribution >= 0.6 is 0 Å². The van der Waals surface area contributed by atoms with Crippen molar-refractivity contribution in [3.63, 3.8) is 0 Å². The number of carbonyl (C=O) groups is 1. The van der Waals surface area contributed by atoms with Crippen molar-refractivity contribution < 1.29 is 9.18 Å².